The Kier molecular flexibility index (Phi) is 4.67. The Morgan fingerprint density at radius 3 is 2.28 bits per heavy atom. The number of hydrogen-bond acceptors (Lipinski definition) is 1. The van der Waals surface area contributed by atoms with Crippen LogP contribution in [0.15, 0.2) is 95.4 Å². The number of hydrogen-bond donors (Lipinski definition) is 1. The van der Waals surface area contributed by atoms with Gasteiger partial charge in [-0.25, -0.2) is 4.98 Å². The molecule has 0 fully saturated rings. The number of nitrogens with one attached hydrogen (secondary N) is 1. The molecular formula is C36H33N2O+. The van der Waals surface area contributed by atoms with Gasteiger partial charge in [0.15, 0.2) is 16.6 Å². The van der Waals surface area contributed by atoms with Crippen LogP contribution in [-0.4, -0.2) is 4.98 Å². The van der Waals surface area contributed by atoms with E-state index in [1.165, 1.54) is 16.8 Å². The van der Waals surface area contributed by atoms with E-state index in [4.69, 9.17) is 8.53 Å². The first-order valence-corrected chi connectivity index (χ1v) is 13.7. The van der Waals surface area contributed by atoms with Gasteiger partial charge in [-0.1, -0.05) is 93.9 Å². The first-order chi connectivity index (χ1) is 20.1. The van der Waals surface area contributed by atoms with Gasteiger partial charge in [0.05, 0.1) is 0 Å². The van der Waals surface area contributed by atoms with E-state index in [0.29, 0.717) is 17.4 Å². The van der Waals surface area contributed by atoms with Gasteiger partial charge in [-0.05, 0) is 59.8 Å². The molecule has 1 N–H and O–H groups in total. The molecule has 0 bridgehead atoms. The molecule has 5 aromatic carbocycles. The van der Waals surface area contributed by atoms with Gasteiger partial charge in [-0.2, -0.15) is 4.57 Å². The third-order valence-corrected chi connectivity index (χ3v) is 7.90. The number of para-hydroxylation sites is 4. The Morgan fingerprint density at radius 2 is 1.51 bits per heavy atom. The molecule has 0 unspecified atom stereocenters. The van der Waals surface area contributed by atoms with Crippen LogP contribution in [0.4, 0.5) is 0 Å². The first kappa shape index (κ1) is 20.6. The van der Waals surface area contributed by atoms with Crippen molar-refractivity contribution in [3.63, 3.8) is 0 Å². The van der Waals surface area contributed by atoms with Crippen LogP contribution in [0.2, 0.25) is 0 Å². The van der Waals surface area contributed by atoms with Crippen molar-refractivity contribution >= 4 is 43.7 Å². The number of aromatic amines is 1. The summed E-state index contributed by atoms with van der Waals surface area (Å²) in [7, 11) is 0. The lowest BCUT2D eigenvalue weighted by molar-refractivity contribution is -0.556. The second-order valence-corrected chi connectivity index (χ2v) is 11.1. The summed E-state index contributed by atoms with van der Waals surface area (Å²) in [6, 6.07) is 30.8. The van der Waals surface area contributed by atoms with Crippen molar-refractivity contribution in [2.24, 2.45) is 0 Å². The minimum absolute atomic E-state index is 0.329. The number of imidazole rings is 1. The third kappa shape index (κ3) is 3.68. The molecule has 7 aromatic rings. The molecule has 0 amide bonds. The predicted molar refractivity (Wildman–Crippen MR) is 163 cm³/mol. The summed E-state index contributed by atoms with van der Waals surface area (Å²) in [5, 5.41) is 3.87. The fraction of sp³-hybridized carbons (Fsp3) is 0.194. The van der Waals surface area contributed by atoms with Crippen molar-refractivity contribution in [2.45, 2.75) is 46.4 Å². The maximum absolute atomic E-state index is 7.85. The van der Waals surface area contributed by atoms with E-state index < -0.39 is 6.85 Å². The van der Waals surface area contributed by atoms with E-state index >= 15 is 0 Å². The Bertz CT molecular complexity index is 2120. The van der Waals surface area contributed by atoms with Gasteiger partial charge in [0.25, 0.3) is 5.82 Å². The van der Waals surface area contributed by atoms with Gasteiger partial charge in [0.2, 0.25) is 0 Å². The van der Waals surface area contributed by atoms with Crippen LogP contribution in [0.5, 0.6) is 0 Å². The summed E-state index contributed by atoms with van der Waals surface area (Å²) < 4.78 is 32.6. The van der Waals surface area contributed by atoms with Crippen LogP contribution < -0.4 is 4.57 Å². The van der Waals surface area contributed by atoms with Crippen molar-refractivity contribution in [2.75, 3.05) is 0 Å². The summed E-state index contributed by atoms with van der Waals surface area (Å²) in [6.45, 7) is 6.84. The monoisotopic (exact) mass is 512 g/mol. The van der Waals surface area contributed by atoms with E-state index in [9.17, 15) is 0 Å². The van der Waals surface area contributed by atoms with Gasteiger partial charge < -0.3 is 4.42 Å². The Balaban J connectivity index is 1.55. The zero-order chi connectivity index (χ0) is 29.3. The molecule has 7 rings (SSSR count). The van der Waals surface area contributed by atoms with Crippen LogP contribution in [0.1, 0.15) is 60.3 Å². The molecule has 0 aliphatic heterocycles. The van der Waals surface area contributed by atoms with Crippen molar-refractivity contribution < 1.29 is 13.1 Å². The number of fused-ring (bicyclic) bond motifs is 5. The molecule has 3 heteroatoms. The average Bonchev–Trinajstić information content (AvgIpc) is 3.52. The SMILES string of the molecule is [2H]C([2H])([2H])c1ccc2cc3c(cc2c1)oc1c(-c2[nH]c4ccccc4[n+]2-c2c(C(C)C)cccc2C(C)C)cccc13. The summed E-state index contributed by atoms with van der Waals surface area (Å²) in [5.41, 5.74) is 8.81. The molecule has 0 aliphatic carbocycles. The molecule has 39 heavy (non-hydrogen) atoms. The molecule has 0 atom stereocenters. The molecule has 0 saturated heterocycles. The number of rotatable bonds is 4. The van der Waals surface area contributed by atoms with Crippen molar-refractivity contribution in [3.05, 3.63) is 108 Å². The normalized spacial score (nSPS) is 13.6. The topological polar surface area (TPSA) is 32.8 Å². The maximum atomic E-state index is 7.85. The molecule has 0 spiro atoms. The largest absolute Gasteiger partial charge is 0.455 e. The van der Waals surface area contributed by atoms with E-state index in [0.717, 1.165) is 55.1 Å². The quantitative estimate of drug-likeness (QED) is 0.234. The third-order valence-electron chi connectivity index (χ3n) is 7.90. The van der Waals surface area contributed by atoms with Crippen LogP contribution >= 0.6 is 0 Å². The molecular weight excluding hydrogens is 476 g/mol. The lowest BCUT2D eigenvalue weighted by atomic mass is 9.92. The molecule has 0 saturated carbocycles. The summed E-state index contributed by atoms with van der Waals surface area (Å²) in [6.07, 6.45) is 0. The van der Waals surface area contributed by atoms with E-state index in [2.05, 4.69) is 104 Å². The Morgan fingerprint density at radius 1 is 0.744 bits per heavy atom. The minimum Gasteiger partial charge on any atom is -0.455 e. The van der Waals surface area contributed by atoms with E-state index in [-0.39, 0.29) is 0 Å². The zero-order valence-electron chi connectivity index (χ0n) is 25.7. The first-order valence-electron chi connectivity index (χ1n) is 15.2. The predicted octanol–water partition coefficient (Wildman–Crippen LogP) is 9.72. The molecule has 2 heterocycles. The fourth-order valence-electron chi connectivity index (χ4n) is 6.00. The number of benzene rings is 5. The summed E-state index contributed by atoms with van der Waals surface area (Å²) in [5.74, 6) is 1.63. The Labute approximate surface area is 232 Å². The molecule has 0 aliphatic rings. The summed E-state index contributed by atoms with van der Waals surface area (Å²) in [4.78, 5) is 3.75. The summed E-state index contributed by atoms with van der Waals surface area (Å²) >= 11 is 0. The second kappa shape index (κ2) is 8.84. The van der Waals surface area contributed by atoms with Gasteiger partial charge in [-0.3, -0.25) is 0 Å². The Hall–Kier alpha value is -4.37. The second-order valence-electron chi connectivity index (χ2n) is 11.1. The highest BCUT2D eigenvalue weighted by Crippen LogP contribution is 2.38. The van der Waals surface area contributed by atoms with Crippen molar-refractivity contribution in [3.8, 4) is 17.1 Å². The average molecular weight is 513 g/mol. The highest BCUT2D eigenvalue weighted by Gasteiger charge is 2.30. The van der Waals surface area contributed by atoms with E-state index in [1.54, 1.807) is 12.1 Å². The highest BCUT2D eigenvalue weighted by molar-refractivity contribution is 6.13. The maximum Gasteiger partial charge on any atom is 0.296 e. The van der Waals surface area contributed by atoms with Gasteiger partial charge in [0.1, 0.15) is 16.8 Å². The lowest BCUT2D eigenvalue weighted by Gasteiger charge is -2.18. The zero-order valence-corrected chi connectivity index (χ0v) is 22.7. The van der Waals surface area contributed by atoms with Crippen molar-refractivity contribution in [1.82, 2.24) is 4.98 Å². The lowest BCUT2D eigenvalue weighted by Crippen LogP contribution is -2.35. The number of furan rings is 1. The number of aryl methyl sites for hydroxylation is 1. The number of nitrogens with zero attached hydrogens (tertiary/aromatic N) is 1. The van der Waals surface area contributed by atoms with Crippen LogP contribution in [-0.2, 0) is 0 Å². The molecule has 3 nitrogen and oxygen atoms in total. The van der Waals surface area contributed by atoms with Gasteiger partial charge >= 0.3 is 0 Å². The van der Waals surface area contributed by atoms with Crippen LogP contribution in [0.3, 0.4) is 0 Å². The number of H-pyrrole nitrogens is 1. The van der Waals surface area contributed by atoms with Crippen LogP contribution in [0, 0.1) is 6.85 Å². The van der Waals surface area contributed by atoms with Gasteiger partial charge in [-0.15, -0.1) is 0 Å². The van der Waals surface area contributed by atoms with Gasteiger partial charge in [0, 0.05) is 26.0 Å². The smallest absolute Gasteiger partial charge is 0.296 e. The fourth-order valence-corrected chi connectivity index (χ4v) is 6.00. The van der Waals surface area contributed by atoms with Crippen molar-refractivity contribution in [1.29, 1.82) is 0 Å². The highest BCUT2D eigenvalue weighted by atomic mass is 16.3. The van der Waals surface area contributed by atoms with Crippen LogP contribution in [0.25, 0.3) is 60.8 Å². The van der Waals surface area contributed by atoms with E-state index in [1.807, 2.05) is 12.1 Å². The minimum atomic E-state index is -2.16. The molecule has 192 valence electrons. The standard InChI is InChI=1S/C36H32N2O/c1-21(2)26-10-8-11-27(22(3)4)34(26)38-32-15-7-6-14-31(32)37-36(38)29-13-9-12-28-30-19-24-17-16-23(5)18-25(24)20-33(30)39-35(28)29/h6-22H,1-5H3/p+1/i5D3. The molecule has 2 aromatic heterocycles. The number of aromatic nitrogens is 2. The molecule has 0 radical (unpaired) electrons.